The second-order valence-corrected chi connectivity index (χ2v) is 4.38. The van der Waals surface area contributed by atoms with Crippen molar-refractivity contribution in [3.63, 3.8) is 0 Å². The Labute approximate surface area is 119 Å². The van der Waals surface area contributed by atoms with Crippen molar-refractivity contribution >= 4 is 28.5 Å². The average molecular weight is 283 g/mol. The van der Waals surface area contributed by atoms with Gasteiger partial charge in [-0.2, -0.15) is 0 Å². The molecular weight excluding hydrogens is 273 g/mol. The molecule has 0 saturated carbocycles. The van der Waals surface area contributed by atoms with E-state index >= 15 is 0 Å². The van der Waals surface area contributed by atoms with Gasteiger partial charge in [-0.25, -0.2) is 19.2 Å². The van der Waals surface area contributed by atoms with Gasteiger partial charge in [0, 0.05) is 17.3 Å². The summed E-state index contributed by atoms with van der Waals surface area (Å²) in [6, 6.07) is 11.2. The van der Waals surface area contributed by atoms with Crippen LogP contribution in [0.1, 0.15) is 10.4 Å². The van der Waals surface area contributed by atoms with Gasteiger partial charge in [-0.15, -0.1) is 0 Å². The van der Waals surface area contributed by atoms with Crippen molar-refractivity contribution in [3.8, 4) is 0 Å². The van der Waals surface area contributed by atoms with Crippen LogP contribution in [0.5, 0.6) is 0 Å². The summed E-state index contributed by atoms with van der Waals surface area (Å²) in [6.45, 7) is 0. The molecule has 0 amide bonds. The summed E-state index contributed by atoms with van der Waals surface area (Å²) < 4.78 is 13.6. The number of rotatable bonds is 3. The van der Waals surface area contributed by atoms with E-state index < -0.39 is 11.8 Å². The summed E-state index contributed by atoms with van der Waals surface area (Å²) >= 11 is 0. The highest BCUT2D eigenvalue weighted by atomic mass is 19.1. The van der Waals surface area contributed by atoms with Crippen LogP contribution in [0.25, 0.3) is 10.9 Å². The topological polar surface area (TPSA) is 75.1 Å². The SMILES string of the molecule is O=C(O)c1ccc(Nc2ncc3ccccc3n2)cc1F. The van der Waals surface area contributed by atoms with E-state index in [1.807, 2.05) is 24.3 Å². The number of carbonyl (C=O) groups is 1. The molecule has 0 unspecified atom stereocenters. The van der Waals surface area contributed by atoms with Gasteiger partial charge in [-0.1, -0.05) is 18.2 Å². The van der Waals surface area contributed by atoms with Crippen molar-refractivity contribution in [2.45, 2.75) is 0 Å². The number of hydrogen-bond donors (Lipinski definition) is 2. The molecule has 3 rings (SSSR count). The molecule has 2 aromatic carbocycles. The molecular formula is C15H10FN3O2. The smallest absolute Gasteiger partial charge is 0.338 e. The van der Waals surface area contributed by atoms with E-state index in [0.717, 1.165) is 17.0 Å². The number of nitrogens with one attached hydrogen (secondary N) is 1. The second-order valence-electron chi connectivity index (χ2n) is 4.38. The minimum Gasteiger partial charge on any atom is -0.478 e. The van der Waals surface area contributed by atoms with E-state index in [4.69, 9.17) is 5.11 Å². The third-order valence-electron chi connectivity index (χ3n) is 2.94. The Morgan fingerprint density at radius 1 is 1.19 bits per heavy atom. The Morgan fingerprint density at radius 2 is 2.00 bits per heavy atom. The van der Waals surface area contributed by atoms with Crippen molar-refractivity contribution < 1.29 is 14.3 Å². The molecule has 0 bridgehead atoms. The first-order valence-corrected chi connectivity index (χ1v) is 6.15. The standard InChI is InChI=1S/C15H10FN3O2/c16-12-7-10(5-6-11(12)14(20)21)18-15-17-8-9-3-1-2-4-13(9)19-15/h1-8H,(H,20,21)(H,17,18,19). The van der Waals surface area contributed by atoms with E-state index in [-0.39, 0.29) is 5.56 Å². The molecule has 0 spiro atoms. The van der Waals surface area contributed by atoms with Crippen LogP contribution in [0, 0.1) is 5.82 Å². The van der Waals surface area contributed by atoms with Gasteiger partial charge >= 0.3 is 5.97 Å². The summed E-state index contributed by atoms with van der Waals surface area (Å²) in [5.74, 6) is -1.80. The van der Waals surface area contributed by atoms with E-state index in [0.29, 0.717) is 11.6 Å². The van der Waals surface area contributed by atoms with E-state index in [9.17, 15) is 9.18 Å². The number of fused-ring (bicyclic) bond motifs is 1. The van der Waals surface area contributed by atoms with Crippen LogP contribution in [0.15, 0.2) is 48.7 Å². The molecule has 1 heterocycles. The maximum Gasteiger partial charge on any atom is 0.338 e. The zero-order valence-electron chi connectivity index (χ0n) is 10.7. The third-order valence-corrected chi connectivity index (χ3v) is 2.94. The second kappa shape index (κ2) is 5.16. The predicted molar refractivity (Wildman–Crippen MR) is 76.2 cm³/mol. The number of carboxylic acid groups (broad SMARTS) is 1. The lowest BCUT2D eigenvalue weighted by atomic mass is 10.2. The molecule has 0 aliphatic carbocycles. The number of nitrogens with zero attached hydrogens (tertiary/aromatic N) is 2. The fraction of sp³-hybridized carbons (Fsp3) is 0. The van der Waals surface area contributed by atoms with Crippen LogP contribution in [-0.4, -0.2) is 21.0 Å². The van der Waals surface area contributed by atoms with E-state index in [2.05, 4.69) is 15.3 Å². The summed E-state index contributed by atoms with van der Waals surface area (Å²) in [5, 5.41) is 12.5. The molecule has 0 radical (unpaired) electrons. The van der Waals surface area contributed by atoms with Gasteiger partial charge < -0.3 is 10.4 Å². The highest BCUT2D eigenvalue weighted by Crippen LogP contribution is 2.19. The first-order valence-electron chi connectivity index (χ1n) is 6.15. The highest BCUT2D eigenvalue weighted by Gasteiger charge is 2.10. The average Bonchev–Trinajstić information content (AvgIpc) is 2.47. The maximum absolute atomic E-state index is 13.6. The van der Waals surface area contributed by atoms with Crippen LogP contribution in [0.2, 0.25) is 0 Å². The lowest BCUT2D eigenvalue weighted by molar-refractivity contribution is 0.0692. The van der Waals surface area contributed by atoms with Crippen molar-refractivity contribution in [3.05, 3.63) is 60.0 Å². The van der Waals surface area contributed by atoms with Crippen LogP contribution < -0.4 is 5.32 Å². The Kier molecular flexibility index (Phi) is 3.19. The molecule has 0 fully saturated rings. The normalized spacial score (nSPS) is 10.5. The fourth-order valence-corrected chi connectivity index (χ4v) is 1.93. The van der Waals surface area contributed by atoms with Crippen molar-refractivity contribution in [1.82, 2.24) is 9.97 Å². The summed E-state index contributed by atoms with van der Waals surface area (Å²) in [7, 11) is 0. The molecule has 0 aliphatic heterocycles. The number of anilines is 2. The van der Waals surface area contributed by atoms with Crippen molar-refractivity contribution in [2.75, 3.05) is 5.32 Å². The molecule has 5 nitrogen and oxygen atoms in total. The van der Waals surface area contributed by atoms with Gasteiger partial charge in [0.1, 0.15) is 5.82 Å². The number of aromatic nitrogens is 2. The van der Waals surface area contributed by atoms with Gasteiger partial charge in [0.25, 0.3) is 0 Å². The summed E-state index contributed by atoms with van der Waals surface area (Å²) in [5.41, 5.74) is 0.769. The minimum atomic E-state index is -1.30. The van der Waals surface area contributed by atoms with Crippen LogP contribution in [0.4, 0.5) is 16.0 Å². The fourth-order valence-electron chi connectivity index (χ4n) is 1.93. The molecule has 0 saturated heterocycles. The number of para-hydroxylation sites is 1. The van der Waals surface area contributed by atoms with Crippen molar-refractivity contribution in [2.24, 2.45) is 0 Å². The number of aromatic carboxylic acids is 1. The van der Waals surface area contributed by atoms with Gasteiger partial charge in [0.05, 0.1) is 11.1 Å². The number of hydrogen-bond acceptors (Lipinski definition) is 4. The first-order chi connectivity index (χ1) is 10.1. The first kappa shape index (κ1) is 13.0. The zero-order chi connectivity index (χ0) is 14.8. The molecule has 6 heteroatoms. The summed E-state index contributed by atoms with van der Waals surface area (Å²) in [6.07, 6.45) is 1.66. The minimum absolute atomic E-state index is 0.316. The number of carboxylic acids is 1. The van der Waals surface area contributed by atoms with E-state index in [1.54, 1.807) is 6.20 Å². The number of halogens is 1. The van der Waals surface area contributed by atoms with Gasteiger partial charge in [-0.05, 0) is 24.3 Å². The molecule has 2 N–H and O–H groups in total. The maximum atomic E-state index is 13.6. The Balaban J connectivity index is 1.91. The predicted octanol–water partition coefficient (Wildman–Crippen LogP) is 3.21. The lowest BCUT2D eigenvalue weighted by Crippen LogP contribution is -2.02. The Morgan fingerprint density at radius 3 is 2.76 bits per heavy atom. The van der Waals surface area contributed by atoms with Crippen LogP contribution in [-0.2, 0) is 0 Å². The third kappa shape index (κ3) is 2.64. The molecule has 104 valence electrons. The molecule has 21 heavy (non-hydrogen) atoms. The lowest BCUT2D eigenvalue weighted by Gasteiger charge is -2.06. The highest BCUT2D eigenvalue weighted by molar-refractivity contribution is 5.88. The quantitative estimate of drug-likeness (QED) is 0.772. The molecule has 0 aliphatic rings. The zero-order valence-corrected chi connectivity index (χ0v) is 10.7. The van der Waals surface area contributed by atoms with E-state index in [1.165, 1.54) is 12.1 Å². The molecule has 0 atom stereocenters. The van der Waals surface area contributed by atoms with Crippen LogP contribution >= 0.6 is 0 Å². The molecule has 3 aromatic rings. The molecule has 1 aromatic heterocycles. The monoisotopic (exact) mass is 283 g/mol. The summed E-state index contributed by atoms with van der Waals surface area (Å²) in [4.78, 5) is 19.2. The van der Waals surface area contributed by atoms with Gasteiger partial charge in [0.2, 0.25) is 5.95 Å². The van der Waals surface area contributed by atoms with Crippen LogP contribution in [0.3, 0.4) is 0 Å². The Bertz CT molecular complexity index is 836. The van der Waals surface area contributed by atoms with Gasteiger partial charge in [0.15, 0.2) is 0 Å². The van der Waals surface area contributed by atoms with Gasteiger partial charge in [-0.3, -0.25) is 0 Å². The Hall–Kier alpha value is -3.02. The largest absolute Gasteiger partial charge is 0.478 e. The van der Waals surface area contributed by atoms with Crippen molar-refractivity contribution in [1.29, 1.82) is 0 Å². The number of benzene rings is 2.